The summed E-state index contributed by atoms with van der Waals surface area (Å²) in [5.41, 5.74) is 2.85. The SMILES string of the molecule is Cc1nn(-c2ccccc2)c(C)c1C(=O)OCC(=O)NCCc1ccccc1F. The Hall–Kier alpha value is -3.48. The number of carbonyl (C=O) groups is 2. The minimum Gasteiger partial charge on any atom is -0.452 e. The van der Waals surface area contributed by atoms with Crippen LogP contribution in [0.2, 0.25) is 0 Å². The highest BCUT2D eigenvalue weighted by Crippen LogP contribution is 2.18. The number of nitrogens with zero attached hydrogens (tertiary/aromatic N) is 2. The third kappa shape index (κ3) is 4.87. The summed E-state index contributed by atoms with van der Waals surface area (Å²) in [6, 6.07) is 15.8. The third-order valence-electron chi connectivity index (χ3n) is 4.50. The maximum absolute atomic E-state index is 13.6. The predicted molar refractivity (Wildman–Crippen MR) is 106 cm³/mol. The van der Waals surface area contributed by atoms with Gasteiger partial charge in [-0.15, -0.1) is 0 Å². The summed E-state index contributed by atoms with van der Waals surface area (Å²) in [6.07, 6.45) is 0.356. The summed E-state index contributed by atoms with van der Waals surface area (Å²) in [4.78, 5) is 24.4. The second kappa shape index (κ2) is 9.14. The van der Waals surface area contributed by atoms with Crippen LogP contribution in [0.3, 0.4) is 0 Å². The molecule has 7 heteroatoms. The average molecular weight is 395 g/mol. The van der Waals surface area contributed by atoms with Crippen molar-refractivity contribution in [1.82, 2.24) is 15.1 Å². The Bertz CT molecular complexity index is 1020. The molecule has 0 fully saturated rings. The monoisotopic (exact) mass is 395 g/mol. The number of amides is 1. The number of halogens is 1. The van der Waals surface area contributed by atoms with E-state index in [1.165, 1.54) is 6.07 Å². The summed E-state index contributed by atoms with van der Waals surface area (Å²) >= 11 is 0. The van der Waals surface area contributed by atoms with Crippen LogP contribution < -0.4 is 5.32 Å². The lowest BCUT2D eigenvalue weighted by molar-refractivity contribution is -0.124. The van der Waals surface area contributed by atoms with Gasteiger partial charge in [-0.3, -0.25) is 4.79 Å². The van der Waals surface area contributed by atoms with Crippen LogP contribution in [0, 0.1) is 19.7 Å². The Morgan fingerprint density at radius 3 is 2.48 bits per heavy atom. The van der Waals surface area contributed by atoms with Gasteiger partial charge in [0.15, 0.2) is 6.61 Å². The predicted octanol–water partition coefficient (Wildman–Crippen LogP) is 3.14. The van der Waals surface area contributed by atoms with Gasteiger partial charge in [0.2, 0.25) is 0 Å². The lowest BCUT2D eigenvalue weighted by Gasteiger charge is -2.08. The number of esters is 1. The summed E-state index contributed by atoms with van der Waals surface area (Å²) < 4.78 is 20.4. The van der Waals surface area contributed by atoms with Gasteiger partial charge in [-0.1, -0.05) is 36.4 Å². The fraction of sp³-hybridized carbons (Fsp3) is 0.227. The van der Waals surface area contributed by atoms with Gasteiger partial charge < -0.3 is 10.1 Å². The zero-order valence-electron chi connectivity index (χ0n) is 16.3. The number of rotatable bonds is 7. The summed E-state index contributed by atoms with van der Waals surface area (Å²) in [7, 11) is 0. The molecule has 0 radical (unpaired) electrons. The maximum Gasteiger partial charge on any atom is 0.342 e. The second-order valence-electron chi connectivity index (χ2n) is 6.56. The molecule has 0 saturated heterocycles. The lowest BCUT2D eigenvalue weighted by atomic mass is 10.1. The van der Waals surface area contributed by atoms with Crippen LogP contribution in [0.25, 0.3) is 5.69 Å². The Morgan fingerprint density at radius 2 is 1.76 bits per heavy atom. The van der Waals surface area contributed by atoms with Crippen LogP contribution >= 0.6 is 0 Å². The number of aromatic nitrogens is 2. The molecule has 1 heterocycles. The molecule has 0 bridgehead atoms. The molecular formula is C22H22FN3O3. The number of para-hydroxylation sites is 1. The first-order chi connectivity index (χ1) is 14.0. The minimum atomic E-state index is -0.605. The van der Waals surface area contributed by atoms with Gasteiger partial charge in [-0.25, -0.2) is 13.9 Å². The van der Waals surface area contributed by atoms with Gasteiger partial charge in [0.25, 0.3) is 5.91 Å². The Balaban J connectivity index is 1.55. The summed E-state index contributed by atoms with van der Waals surface area (Å²) in [5, 5.41) is 7.02. The molecule has 3 rings (SSSR count). The van der Waals surface area contributed by atoms with Crippen molar-refractivity contribution in [3.8, 4) is 5.69 Å². The summed E-state index contributed by atoms with van der Waals surface area (Å²) in [5.74, 6) is -1.36. The number of aryl methyl sites for hydroxylation is 1. The summed E-state index contributed by atoms with van der Waals surface area (Å²) in [6.45, 7) is 3.34. The molecule has 1 aromatic heterocycles. The van der Waals surface area contributed by atoms with Crippen molar-refractivity contribution in [1.29, 1.82) is 0 Å². The third-order valence-corrected chi connectivity index (χ3v) is 4.50. The van der Waals surface area contributed by atoms with E-state index in [9.17, 15) is 14.0 Å². The van der Waals surface area contributed by atoms with E-state index in [0.717, 1.165) is 5.69 Å². The first-order valence-electron chi connectivity index (χ1n) is 9.26. The van der Waals surface area contributed by atoms with E-state index >= 15 is 0 Å². The highest BCUT2D eigenvalue weighted by Gasteiger charge is 2.21. The van der Waals surface area contributed by atoms with Crippen LogP contribution in [0.4, 0.5) is 4.39 Å². The maximum atomic E-state index is 13.6. The smallest absolute Gasteiger partial charge is 0.342 e. The normalized spacial score (nSPS) is 10.6. The van der Waals surface area contributed by atoms with Crippen LogP contribution in [0.15, 0.2) is 54.6 Å². The zero-order valence-corrected chi connectivity index (χ0v) is 16.3. The Labute approximate surface area is 168 Å². The molecule has 6 nitrogen and oxygen atoms in total. The lowest BCUT2D eigenvalue weighted by Crippen LogP contribution is -2.30. The highest BCUT2D eigenvalue weighted by atomic mass is 19.1. The first kappa shape index (κ1) is 20.3. The molecule has 29 heavy (non-hydrogen) atoms. The number of hydrogen-bond acceptors (Lipinski definition) is 4. The van der Waals surface area contributed by atoms with Crippen molar-refractivity contribution in [2.45, 2.75) is 20.3 Å². The average Bonchev–Trinajstić information content (AvgIpc) is 3.02. The van der Waals surface area contributed by atoms with Crippen molar-refractivity contribution in [2.24, 2.45) is 0 Å². The molecule has 1 N–H and O–H groups in total. The fourth-order valence-electron chi connectivity index (χ4n) is 3.05. The number of carbonyl (C=O) groups excluding carboxylic acids is 2. The Morgan fingerprint density at radius 1 is 1.07 bits per heavy atom. The molecule has 2 aromatic carbocycles. The number of benzene rings is 2. The van der Waals surface area contributed by atoms with Crippen LogP contribution in [-0.4, -0.2) is 34.8 Å². The standard InChI is InChI=1S/C22H22FN3O3/c1-15-21(16(2)26(25-15)18-9-4-3-5-10-18)22(28)29-14-20(27)24-13-12-17-8-6-7-11-19(17)23/h3-11H,12-14H2,1-2H3,(H,24,27). The van der Waals surface area contributed by atoms with E-state index in [1.807, 2.05) is 30.3 Å². The Kier molecular flexibility index (Phi) is 6.39. The van der Waals surface area contributed by atoms with Gasteiger partial charge >= 0.3 is 5.97 Å². The van der Waals surface area contributed by atoms with Crippen molar-refractivity contribution < 1.29 is 18.7 Å². The van der Waals surface area contributed by atoms with E-state index in [1.54, 1.807) is 36.7 Å². The molecule has 0 aliphatic rings. The van der Waals surface area contributed by atoms with Crippen molar-refractivity contribution >= 4 is 11.9 Å². The zero-order chi connectivity index (χ0) is 20.8. The van der Waals surface area contributed by atoms with Crippen LogP contribution in [0.5, 0.6) is 0 Å². The van der Waals surface area contributed by atoms with E-state index in [2.05, 4.69) is 10.4 Å². The largest absolute Gasteiger partial charge is 0.452 e. The van der Waals surface area contributed by atoms with Crippen LogP contribution in [0.1, 0.15) is 27.3 Å². The van der Waals surface area contributed by atoms with E-state index < -0.39 is 18.5 Å². The molecule has 0 atom stereocenters. The molecular weight excluding hydrogens is 373 g/mol. The second-order valence-corrected chi connectivity index (χ2v) is 6.56. The fourth-order valence-corrected chi connectivity index (χ4v) is 3.05. The first-order valence-corrected chi connectivity index (χ1v) is 9.26. The molecule has 0 spiro atoms. The van der Waals surface area contributed by atoms with Gasteiger partial charge in [-0.2, -0.15) is 5.10 Å². The van der Waals surface area contributed by atoms with Crippen molar-refractivity contribution in [3.63, 3.8) is 0 Å². The molecule has 0 saturated carbocycles. The van der Waals surface area contributed by atoms with E-state index in [0.29, 0.717) is 28.9 Å². The van der Waals surface area contributed by atoms with E-state index in [-0.39, 0.29) is 12.4 Å². The topological polar surface area (TPSA) is 73.2 Å². The minimum absolute atomic E-state index is 0.251. The van der Waals surface area contributed by atoms with Gasteiger partial charge in [0.1, 0.15) is 11.4 Å². The van der Waals surface area contributed by atoms with E-state index in [4.69, 9.17) is 4.74 Å². The van der Waals surface area contributed by atoms with Gasteiger partial charge in [0, 0.05) is 6.54 Å². The quantitative estimate of drug-likeness (QED) is 0.624. The molecule has 3 aromatic rings. The molecule has 0 unspecified atom stereocenters. The number of ether oxygens (including phenoxy) is 1. The molecule has 1 amide bonds. The van der Waals surface area contributed by atoms with Gasteiger partial charge in [-0.05, 0) is 44.0 Å². The number of nitrogens with one attached hydrogen (secondary N) is 1. The molecule has 0 aliphatic carbocycles. The van der Waals surface area contributed by atoms with Gasteiger partial charge in [0.05, 0.1) is 17.1 Å². The van der Waals surface area contributed by atoms with Crippen LogP contribution in [-0.2, 0) is 16.0 Å². The van der Waals surface area contributed by atoms with Crippen molar-refractivity contribution in [2.75, 3.05) is 13.2 Å². The highest BCUT2D eigenvalue weighted by molar-refractivity contribution is 5.93. The number of hydrogen-bond donors (Lipinski definition) is 1. The molecule has 0 aliphatic heterocycles. The van der Waals surface area contributed by atoms with Crippen molar-refractivity contribution in [3.05, 3.63) is 82.9 Å². The molecule has 150 valence electrons.